The maximum absolute atomic E-state index is 9.00. The van der Waals surface area contributed by atoms with Crippen LogP contribution in [0.1, 0.15) is 6.92 Å². The van der Waals surface area contributed by atoms with E-state index in [9.17, 15) is 0 Å². The van der Waals surface area contributed by atoms with Gasteiger partial charge in [0.2, 0.25) is 0 Å². The van der Waals surface area contributed by atoms with Crippen molar-refractivity contribution in [1.29, 1.82) is 0 Å². The Labute approximate surface area is 48.7 Å². The quantitative estimate of drug-likeness (QED) is 0.410. The fourth-order valence-corrected chi connectivity index (χ4v) is 0. The third-order valence-corrected chi connectivity index (χ3v) is 0. The summed E-state index contributed by atoms with van der Waals surface area (Å²) in [5.41, 5.74) is 0. The standard InChI is InChI=1S/C2H4O2.Ga.H2O.3H/c1-2(3)4;;;;;/h1H3,(H,3,4);;1H2;;;. The molecule has 3 N–H and O–H groups in total. The number of carboxylic acids is 1. The van der Waals surface area contributed by atoms with Gasteiger partial charge in [0.15, 0.2) is 0 Å². The molecule has 4 heteroatoms. The number of aliphatic carboxylic acids is 1. The molecule has 0 amide bonds. The van der Waals surface area contributed by atoms with E-state index in [2.05, 4.69) is 0 Å². The number of hydrogen-bond acceptors (Lipinski definition) is 1. The fourth-order valence-electron chi connectivity index (χ4n) is 0. The normalized spacial score (nSPS) is 4.17. The fraction of sp³-hybridized carbons (Fsp3) is 0.500. The molecule has 0 bridgehead atoms. The van der Waals surface area contributed by atoms with Crippen molar-refractivity contribution >= 4 is 25.8 Å². The summed E-state index contributed by atoms with van der Waals surface area (Å²) in [5, 5.41) is 7.42. The Kier molecular flexibility index (Phi) is 24.6. The van der Waals surface area contributed by atoms with Crippen molar-refractivity contribution in [2.75, 3.05) is 0 Å². The van der Waals surface area contributed by atoms with Crippen LogP contribution < -0.4 is 0 Å². The van der Waals surface area contributed by atoms with Gasteiger partial charge in [-0.05, 0) is 0 Å². The molecule has 0 heterocycles. The molecule has 0 radical (unpaired) electrons. The van der Waals surface area contributed by atoms with Crippen molar-refractivity contribution in [2.45, 2.75) is 6.92 Å². The minimum absolute atomic E-state index is 0. The van der Waals surface area contributed by atoms with Crippen LogP contribution in [0.2, 0.25) is 0 Å². The molecular weight excluding hydrogens is 142 g/mol. The van der Waals surface area contributed by atoms with Gasteiger partial charge >= 0.3 is 19.8 Å². The van der Waals surface area contributed by atoms with E-state index in [4.69, 9.17) is 9.90 Å². The minimum atomic E-state index is -0.833. The summed E-state index contributed by atoms with van der Waals surface area (Å²) < 4.78 is 0. The van der Waals surface area contributed by atoms with E-state index in [1.54, 1.807) is 0 Å². The molecule has 0 spiro atoms. The Balaban J connectivity index is -0.0000000450. The van der Waals surface area contributed by atoms with Crippen LogP contribution in [0.25, 0.3) is 0 Å². The van der Waals surface area contributed by atoms with Gasteiger partial charge in [-0.15, -0.1) is 0 Å². The van der Waals surface area contributed by atoms with Crippen LogP contribution in [-0.4, -0.2) is 36.3 Å². The van der Waals surface area contributed by atoms with Crippen molar-refractivity contribution in [1.82, 2.24) is 0 Å². The first kappa shape index (κ1) is 16.6. The monoisotopic (exact) mass is 150 g/mol. The van der Waals surface area contributed by atoms with Crippen molar-refractivity contribution in [2.24, 2.45) is 0 Å². The van der Waals surface area contributed by atoms with Crippen molar-refractivity contribution in [3.8, 4) is 0 Å². The average Bonchev–Trinajstić information content (AvgIpc) is 0.811. The topological polar surface area (TPSA) is 68.8 Å². The van der Waals surface area contributed by atoms with Gasteiger partial charge < -0.3 is 10.6 Å². The predicted octanol–water partition coefficient (Wildman–Crippen LogP) is -1.92. The van der Waals surface area contributed by atoms with Gasteiger partial charge in [-0.2, -0.15) is 0 Å². The predicted molar refractivity (Wildman–Crippen MR) is 26.9 cm³/mol. The summed E-state index contributed by atoms with van der Waals surface area (Å²) in [4.78, 5) is 9.00. The molecule has 0 aromatic heterocycles. The van der Waals surface area contributed by atoms with E-state index >= 15 is 0 Å². The number of carbonyl (C=O) groups is 1. The second-order valence-corrected chi connectivity index (χ2v) is 0.519. The third-order valence-electron chi connectivity index (χ3n) is 0. The van der Waals surface area contributed by atoms with Crippen molar-refractivity contribution in [3.05, 3.63) is 0 Å². The molecule has 0 atom stereocenters. The molecule has 0 aliphatic heterocycles. The van der Waals surface area contributed by atoms with E-state index in [-0.39, 0.29) is 25.3 Å². The number of carboxylic acid groups (broad SMARTS) is 1. The molecule has 0 fully saturated rings. The summed E-state index contributed by atoms with van der Waals surface area (Å²) in [6.07, 6.45) is 0. The summed E-state index contributed by atoms with van der Waals surface area (Å²) in [7, 11) is 0. The Morgan fingerprint density at radius 2 is 1.67 bits per heavy atom. The zero-order chi connectivity index (χ0) is 3.58. The van der Waals surface area contributed by atoms with E-state index in [0.717, 1.165) is 6.92 Å². The average molecular weight is 151 g/mol. The zero-order valence-corrected chi connectivity index (χ0v) is 2.86. The molecule has 0 aromatic rings. The third kappa shape index (κ3) is 8680. The molecule has 0 saturated carbocycles. The molecule has 0 rings (SSSR count). The Bertz CT molecular complexity index is 31.8. The summed E-state index contributed by atoms with van der Waals surface area (Å²) >= 11 is 0. The Morgan fingerprint density at radius 1 is 1.67 bits per heavy atom. The van der Waals surface area contributed by atoms with Crippen LogP contribution in [0.3, 0.4) is 0 Å². The van der Waals surface area contributed by atoms with Gasteiger partial charge in [-0.1, -0.05) is 0 Å². The molecule has 38 valence electrons. The van der Waals surface area contributed by atoms with Gasteiger partial charge in [0, 0.05) is 6.92 Å². The van der Waals surface area contributed by atoms with Crippen LogP contribution in [0.4, 0.5) is 0 Å². The van der Waals surface area contributed by atoms with E-state index in [0.29, 0.717) is 0 Å². The molecule has 6 heavy (non-hydrogen) atoms. The first-order valence-corrected chi connectivity index (χ1v) is 0.928. The molecule has 3 nitrogen and oxygen atoms in total. The Hall–Kier alpha value is 0.0664. The summed E-state index contributed by atoms with van der Waals surface area (Å²) in [6, 6.07) is 0. The van der Waals surface area contributed by atoms with Gasteiger partial charge in [0.25, 0.3) is 5.97 Å². The molecule has 0 aliphatic rings. The molecule has 0 unspecified atom stereocenters. The number of hydrogen-bond donors (Lipinski definition) is 1. The first-order chi connectivity index (χ1) is 1.73. The SMILES string of the molecule is CC(=O)O.O.[GaH3]. The second-order valence-electron chi connectivity index (χ2n) is 0.519. The van der Waals surface area contributed by atoms with Crippen LogP contribution in [-0.2, 0) is 4.79 Å². The van der Waals surface area contributed by atoms with Gasteiger partial charge in [-0.25, -0.2) is 0 Å². The molecular formula is C2H9GaO3. The van der Waals surface area contributed by atoms with Crippen LogP contribution in [0.5, 0.6) is 0 Å². The number of rotatable bonds is 0. The van der Waals surface area contributed by atoms with Crippen LogP contribution in [0.15, 0.2) is 0 Å². The molecule has 0 aromatic carbocycles. The first-order valence-electron chi connectivity index (χ1n) is 0.928. The van der Waals surface area contributed by atoms with Gasteiger partial charge in [-0.3, -0.25) is 4.79 Å². The van der Waals surface area contributed by atoms with Crippen LogP contribution >= 0.6 is 0 Å². The van der Waals surface area contributed by atoms with Gasteiger partial charge in [0.1, 0.15) is 0 Å². The van der Waals surface area contributed by atoms with Crippen molar-refractivity contribution in [3.63, 3.8) is 0 Å². The van der Waals surface area contributed by atoms with Gasteiger partial charge in [0.05, 0.1) is 0 Å². The van der Waals surface area contributed by atoms with E-state index in [1.807, 2.05) is 0 Å². The van der Waals surface area contributed by atoms with E-state index in [1.165, 1.54) is 0 Å². The van der Waals surface area contributed by atoms with E-state index < -0.39 is 5.97 Å². The summed E-state index contributed by atoms with van der Waals surface area (Å²) in [6.45, 7) is 1.08. The second kappa shape index (κ2) is 8.91. The maximum atomic E-state index is 9.00. The van der Waals surface area contributed by atoms with Crippen molar-refractivity contribution < 1.29 is 15.4 Å². The zero-order valence-electron chi connectivity index (χ0n) is 2.86. The molecule has 0 saturated heterocycles. The van der Waals surface area contributed by atoms with Crippen LogP contribution in [0, 0.1) is 0 Å². The summed E-state index contributed by atoms with van der Waals surface area (Å²) in [5.74, 6) is -0.833. The Morgan fingerprint density at radius 3 is 1.67 bits per heavy atom. The molecule has 0 aliphatic carbocycles.